The van der Waals surface area contributed by atoms with Crippen molar-refractivity contribution in [3.8, 4) is 0 Å². The summed E-state index contributed by atoms with van der Waals surface area (Å²) in [5.74, 6) is 1.51. The van der Waals surface area contributed by atoms with Crippen LogP contribution in [0.15, 0.2) is 12.3 Å². The second-order valence-corrected chi connectivity index (χ2v) is 9.68. The summed E-state index contributed by atoms with van der Waals surface area (Å²) in [6, 6.07) is 2.39. The first kappa shape index (κ1) is 21.8. The molecule has 0 atom stereocenters. The lowest BCUT2D eigenvalue weighted by Gasteiger charge is -2.43. The Hall–Kier alpha value is -2.39. The maximum Gasteiger partial charge on any atom is 0.410 e. The van der Waals surface area contributed by atoms with Gasteiger partial charge in [-0.25, -0.2) is 14.8 Å². The Morgan fingerprint density at radius 3 is 2.42 bits per heavy atom. The summed E-state index contributed by atoms with van der Waals surface area (Å²) in [5.41, 5.74) is 0.157. The number of aromatic nitrogens is 3. The number of carbonyl (C=O) groups excluding carboxylic acids is 1. The highest BCUT2D eigenvalue weighted by Gasteiger charge is 2.32. The molecule has 2 aliphatic rings. The number of carbonyl (C=O) groups is 1. The van der Waals surface area contributed by atoms with E-state index in [0.29, 0.717) is 48.8 Å². The van der Waals surface area contributed by atoms with Crippen molar-refractivity contribution in [3.63, 3.8) is 0 Å². The number of amides is 1. The molecule has 4 rings (SSSR count). The van der Waals surface area contributed by atoms with Crippen LogP contribution in [0.1, 0.15) is 20.8 Å². The van der Waals surface area contributed by atoms with E-state index in [4.69, 9.17) is 26.3 Å². The van der Waals surface area contributed by atoms with Crippen molar-refractivity contribution in [2.24, 2.45) is 0 Å². The number of ether oxygens (including phenoxy) is 1. The van der Waals surface area contributed by atoms with Gasteiger partial charge in [0.1, 0.15) is 16.9 Å². The van der Waals surface area contributed by atoms with E-state index < -0.39 is 5.60 Å². The second kappa shape index (κ2) is 8.27. The highest BCUT2D eigenvalue weighted by molar-refractivity contribution is 6.34. The summed E-state index contributed by atoms with van der Waals surface area (Å²) in [6.07, 6.45) is 1.41. The van der Waals surface area contributed by atoms with Gasteiger partial charge in [-0.1, -0.05) is 11.6 Å². The number of halogens is 1. The zero-order chi connectivity index (χ0) is 22.3. The van der Waals surface area contributed by atoms with Gasteiger partial charge in [-0.3, -0.25) is 0 Å². The van der Waals surface area contributed by atoms with Crippen molar-refractivity contribution in [1.82, 2.24) is 24.8 Å². The standard InChI is InChI=1S/C21H30ClN7O2/c1-21(2,3)31-20(30)28-10-8-27(9-11-28)18-15-6-7-23-17(22)16(15)24-19(25-18)29-12-14(13-29)26(4)5/h6-7,14H,8-13H2,1-5H3. The van der Waals surface area contributed by atoms with Crippen LogP contribution < -0.4 is 9.80 Å². The SMILES string of the molecule is CN(C)C1CN(c2nc(N3CCN(C(=O)OC(C)(C)C)CC3)c3ccnc(Cl)c3n2)C1. The van der Waals surface area contributed by atoms with Crippen LogP contribution in [0.2, 0.25) is 5.15 Å². The van der Waals surface area contributed by atoms with Crippen LogP contribution in [0.4, 0.5) is 16.6 Å². The van der Waals surface area contributed by atoms with Crippen LogP contribution >= 0.6 is 11.6 Å². The number of rotatable bonds is 3. The van der Waals surface area contributed by atoms with Gasteiger partial charge >= 0.3 is 6.09 Å². The average molecular weight is 448 g/mol. The zero-order valence-electron chi connectivity index (χ0n) is 18.8. The van der Waals surface area contributed by atoms with Crippen LogP contribution in [0.25, 0.3) is 10.9 Å². The van der Waals surface area contributed by atoms with Crippen LogP contribution in [-0.4, -0.2) is 95.9 Å². The van der Waals surface area contributed by atoms with Gasteiger partial charge in [0.05, 0.1) is 0 Å². The molecule has 0 aliphatic carbocycles. The van der Waals surface area contributed by atoms with Crippen molar-refractivity contribution in [1.29, 1.82) is 0 Å². The third-order valence-electron chi connectivity index (χ3n) is 5.64. The highest BCUT2D eigenvalue weighted by Crippen LogP contribution is 2.32. The molecule has 0 bridgehead atoms. The Morgan fingerprint density at radius 2 is 1.81 bits per heavy atom. The number of fused-ring (bicyclic) bond motifs is 1. The highest BCUT2D eigenvalue weighted by atomic mass is 35.5. The lowest BCUT2D eigenvalue weighted by Crippen LogP contribution is -2.58. The number of nitrogens with zero attached hydrogens (tertiary/aromatic N) is 7. The molecule has 1 amide bonds. The molecule has 0 aromatic carbocycles. The zero-order valence-corrected chi connectivity index (χ0v) is 19.6. The number of pyridine rings is 1. The number of anilines is 2. The molecular weight excluding hydrogens is 418 g/mol. The Labute approximate surface area is 187 Å². The van der Waals surface area contributed by atoms with Gasteiger partial charge in [0.25, 0.3) is 0 Å². The first-order chi connectivity index (χ1) is 14.6. The minimum absolute atomic E-state index is 0.275. The topological polar surface area (TPSA) is 77.9 Å². The smallest absolute Gasteiger partial charge is 0.410 e. The predicted octanol–water partition coefficient (Wildman–Crippen LogP) is 2.49. The molecule has 4 heterocycles. The molecule has 2 fully saturated rings. The fraction of sp³-hybridized carbons (Fsp3) is 0.619. The van der Waals surface area contributed by atoms with E-state index in [9.17, 15) is 4.79 Å². The van der Waals surface area contributed by atoms with E-state index in [0.717, 1.165) is 24.3 Å². The van der Waals surface area contributed by atoms with Crippen molar-refractivity contribution >= 4 is 40.4 Å². The molecule has 168 valence electrons. The number of hydrogen-bond donors (Lipinski definition) is 0. The summed E-state index contributed by atoms with van der Waals surface area (Å²) in [7, 11) is 4.17. The number of hydrogen-bond acceptors (Lipinski definition) is 8. The molecule has 10 heteroatoms. The van der Waals surface area contributed by atoms with E-state index >= 15 is 0 Å². The summed E-state index contributed by atoms with van der Waals surface area (Å²) >= 11 is 6.40. The Bertz CT molecular complexity index is 964. The third kappa shape index (κ3) is 4.62. The predicted molar refractivity (Wildman–Crippen MR) is 122 cm³/mol. The monoisotopic (exact) mass is 447 g/mol. The van der Waals surface area contributed by atoms with E-state index in [1.165, 1.54) is 0 Å². The van der Waals surface area contributed by atoms with Gasteiger partial charge < -0.3 is 24.3 Å². The molecule has 9 nitrogen and oxygen atoms in total. The fourth-order valence-electron chi connectivity index (χ4n) is 3.75. The molecule has 31 heavy (non-hydrogen) atoms. The van der Waals surface area contributed by atoms with Gasteiger partial charge in [-0.2, -0.15) is 4.98 Å². The Kier molecular flexibility index (Phi) is 5.83. The summed E-state index contributed by atoms with van der Waals surface area (Å²) in [6.45, 7) is 9.85. The third-order valence-corrected chi connectivity index (χ3v) is 5.92. The number of piperazine rings is 1. The lowest BCUT2D eigenvalue weighted by molar-refractivity contribution is 0.0240. The molecule has 0 unspecified atom stereocenters. The summed E-state index contributed by atoms with van der Waals surface area (Å²) in [4.78, 5) is 34.6. The van der Waals surface area contributed by atoms with Crippen molar-refractivity contribution in [2.45, 2.75) is 32.4 Å². The van der Waals surface area contributed by atoms with Crippen LogP contribution in [0.5, 0.6) is 0 Å². The van der Waals surface area contributed by atoms with Gasteiger partial charge in [-0.15, -0.1) is 0 Å². The normalized spacial score (nSPS) is 18.0. The Morgan fingerprint density at radius 1 is 1.13 bits per heavy atom. The molecule has 0 saturated carbocycles. The first-order valence-corrected chi connectivity index (χ1v) is 11.0. The van der Waals surface area contributed by atoms with E-state index in [-0.39, 0.29) is 6.09 Å². The largest absolute Gasteiger partial charge is 0.444 e. The lowest BCUT2D eigenvalue weighted by atomic mass is 10.1. The van der Waals surface area contributed by atoms with Crippen LogP contribution in [0, 0.1) is 0 Å². The number of likely N-dealkylation sites (N-methyl/N-ethyl adjacent to an activating group) is 1. The van der Waals surface area contributed by atoms with Gasteiger partial charge in [0.2, 0.25) is 5.95 Å². The Balaban J connectivity index is 1.56. The van der Waals surface area contributed by atoms with Crippen molar-refractivity contribution in [2.75, 3.05) is 63.2 Å². The van der Waals surface area contributed by atoms with Gasteiger partial charge in [0.15, 0.2) is 5.15 Å². The van der Waals surface area contributed by atoms with Crippen molar-refractivity contribution < 1.29 is 9.53 Å². The molecule has 2 saturated heterocycles. The van der Waals surface area contributed by atoms with Gasteiger partial charge in [-0.05, 0) is 40.9 Å². The minimum Gasteiger partial charge on any atom is -0.444 e. The molecule has 2 aromatic heterocycles. The van der Waals surface area contributed by atoms with E-state index in [1.54, 1.807) is 11.1 Å². The van der Waals surface area contributed by atoms with Crippen LogP contribution in [0.3, 0.4) is 0 Å². The molecule has 0 spiro atoms. The molecular formula is C21H30ClN7O2. The molecule has 2 aromatic rings. The molecule has 0 radical (unpaired) electrons. The van der Waals surface area contributed by atoms with E-state index in [1.807, 2.05) is 26.8 Å². The minimum atomic E-state index is -0.503. The maximum absolute atomic E-state index is 12.4. The summed E-state index contributed by atoms with van der Waals surface area (Å²) in [5, 5.41) is 1.25. The van der Waals surface area contributed by atoms with Crippen LogP contribution in [-0.2, 0) is 4.74 Å². The second-order valence-electron chi connectivity index (χ2n) is 9.32. The maximum atomic E-state index is 12.4. The van der Waals surface area contributed by atoms with Crippen molar-refractivity contribution in [3.05, 3.63) is 17.4 Å². The first-order valence-electron chi connectivity index (χ1n) is 10.6. The molecule has 0 N–H and O–H groups in total. The van der Waals surface area contributed by atoms with E-state index in [2.05, 4.69) is 33.8 Å². The molecule has 2 aliphatic heterocycles. The van der Waals surface area contributed by atoms with Gasteiger partial charge in [0, 0.05) is 56.9 Å². The quantitative estimate of drug-likeness (QED) is 0.664. The fourth-order valence-corrected chi connectivity index (χ4v) is 3.95. The average Bonchev–Trinajstić information content (AvgIpc) is 2.65. The summed E-state index contributed by atoms with van der Waals surface area (Å²) < 4.78 is 5.51.